The Morgan fingerprint density at radius 1 is 0.773 bits per heavy atom. The second-order valence-corrected chi connectivity index (χ2v) is 12.0. The van der Waals surface area contributed by atoms with E-state index in [2.05, 4.69) is 5.32 Å². The number of nitrogens with zero attached hydrogens (tertiary/aromatic N) is 2. The molecule has 2 saturated heterocycles. The number of ether oxygens (including phenoxy) is 1. The number of anilines is 1. The van der Waals surface area contributed by atoms with Crippen LogP contribution in [0.15, 0.2) is 120 Å². The van der Waals surface area contributed by atoms with E-state index < -0.39 is 17.4 Å². The van der Waals surface area contributed by atoms with Crippen LogP contribution in [-0.2, 0) is 16.1 Å². The number of halogens is 1. The summed E-state index contributed by atoms with van der Waals surface area (Å²) in [6.45, 7) is 0.419. The van der Waals surface area contributed by atoms with Crippen LogP contribution in [0.5, 0.6) is 11.5 Å². The average molecular weight is 638 g/mol. The lowest BCUT2D eigenvalue weighted by Gasteiger charge is -2.30. The number of alkyl halides is 1. The lowest BCUT2D eigenvalue weighted by atomic mass is 10.1. The summed E-state index contributed by atoms with van der Waals surface area (Å²) in [4.78, 5) is 42.5. The molecule has 218 valence electrons. The molecule has 1 N–H and O–H groups in total. The molecule has 0 aliphatic carbocycles. The lowest BCUT2D eigenvalue weighted by molar-refractivity contribution is -0.122. The summed E-state index contributed by atoms with van der Waals surface area (Å²) in [6, 6.07) is 32.3. The van der Waals surface area contributed by atoms with Gasteiger partial charge in [-0.1, -0.05) is 108 Å². The molecule has 4 aromatic rings. The Bertz CT molecular complexity index is 1790. The van der Waals surface area contributed by atoms with E-state index in [1.54, 1.807) is 41.3 Å². The van der Waals surface area contributed by atoms with Gasteiger partial charge in [0.2, 0.25) is 0 Å². The predicted octanol–water partition coefficient (Wildman–Crippen LogP) is 7.59. The molecule has 4 amide bonds. The number of imide groups is 1. The van der Waals surface area contributed by atoms with Crippen LogP contribution in [-0.4, -0.2) is 32.6 Å². The molecule has 4 aromatic carbocycles. The maximum atomic E-state index is 13.5. The highest BCUT2D eigenvalue weighted by Gasteiger charge is 2.37. The average Bonchev–Trinajstić information content (AvgIpc) is 3.29. The van der Waals surface area contributed by atoms with Gasteiger partial charge in [-0.25, -0.2) is 9.69 Å². The van der Waals surface area contributed by atoms with Crippen LogP contribution in [0.25, 0.3) is 12.2 Å². The van der Waals surface area contributed by atoms with Gasteiger partial charge in [-0.2, -0.15) is 0 Å². The molecule has 1 atom stereocenters. The van der Waals surface area contributed by atoms with Crippen molar-refractivity contribution in [2.24, 2.45) is 0 Å². The Morgan fingerprint density at radius 2 is 1.36 bits per heavy atom. The fraction of sp³-hybridized carbons (Fsp3) is 0.0588. The van der Waals surface area contributed by atoms with E-state index in [1.807, 2.05) is 84.9 Å². The third-order valence-electron chi connectivity index (χ3n) is 6.86. The molecular weight excluding hydrogens is 614 g/mol. The first-order chi connectivity index (χ1) is 21.4. The molecule has 10 heteroatoms. The van der Waals surface area contributed by atoms with Gasteiger partial charge in [0.25, 0.3) is 11.8 Å². The number of carbonyl (C=O) groups is 3. The van der Waals surface area contributed by atoms with Crippen molar-refractivity contribution in [3.05, 3.63) is 136 Å². The van der Waals surface area contributed by atoms with Gasteiger partial charge < -0.3 is 10.1 Å². The molecule has 2 aliphatic heterocycles. The lowest BCUT2D eigenvalue weighted by Crippen LogP contribution is -2.54. The van der Waals surface area contributed by atoms with Crippen molar-refractivity contribution in [2.75, 3.05) is 4.90 Å². The van der Waals surface area contributed by atoms with Crippen LogP contribution >= 0.6 is 35.6 Å². The van der Waals surface area contributed by atoms with Crippen LogP contribution in [0, 0.1) is 0 Å². The minimum Gasteiger partial charge on any atom is -0.457 e. The van der Waals surface area contributed by atoms with Crippen LogP contribution in [0.3, 0.4) is 0 Å². The van der Waals surface area contributed by atoms with Gasteiger partial charge in [0, 0.05) is 0 Å². The second-order valence-electron chi connectivity index (χ2n) is 9.88. The standard InChI is InChI=1S/C34H24ClN3O4S2/c35-30-28(31(39)38(33(41)36-30)25-15-17-27(18-16-25)42-26-9-5-2-6-10-26)19-22-11-13-23(14-12-22)20-29-32(40)37(34(43)44-29)21-24-7-3-1-4-8-24/h1-20,30H,21H2,(H,36,41)/b28-19+,29-20-. The van der Waals surface area contributed by atoms with E-state index in [9.17, 15) is 14.4 Å². The van der Waals surface area contributed by atoms with Crippen molar-refractivity contribution < 1.29 is 19.1 Å². The van der Waals surface area contributed by atoms with Gasteiger partial charge >= 0.3 is 6.03 Å². The third-order valence-corrected chi connectivity index (χ3v) is 8.59. The molecule has 6 rings (SSSR count). The molecule has 0 bridgehead atoms. The summed E-state index contributed by atoms with van der Waals surface area (Å²) in [5.74, 6) is 0.570. The molecule has 44 heavy (non-hydrogen) atoms. The van der Waals surface area contributed by atoms with Gasteiger partial charge in [-0.3, -0.25) is 14.5 Å². The number of hydrogen-bond donors (Lipinski definition) is 1. The van der Waals surface area contributed by atoms with Crippen molar-refractivity contribution in [3.63, 3.8) is 0 Å². The number of thioether (sulfide) groups is 1. The molecular formula is C34H24ClN3O4S2. The molecule has 1 unspecified atom stereocenters. The highest BCUT2D eigenvalue weighted by atomic mass is 35.5. The summed E-state index contributed by atoms with van der Waals surface area (Å²) in [5, 5.41) is 2.64. The second kappa shape index (κ2) is 12.9. The monoisotopic (exact) mass is 637 g/mol. The maximum Gasteiger partial charge on any atom is 0.330 e. The van der Waals surface area contributed by atoms with E-state index in [4.69, 9.17) is 28.6 Å². The summed E-state index contributed by atoms with van der Waals surface area (Å²) >= 11 is 13.1. The highest BCUT2D eigenvalue weighted by molar-refractivity contribution is 8.26. The molecule has 0 spiro atoms. The van der Waals surface area contributed by atoms with Crippen molar-refractivity contribution in [2.45, 2.75) is 12.0 Å². The number of thiocarbonyl (C=S) groups is 1. The number of benzene rings is 4. The first-order valence-electron chi connectivity index (χ1n) is 13.6. The summed E-state index contributed by atoms with van der Waals surface area (Å²) in [7, 11) is 0. The van der Waals surface area contributed by atoms with E-state index in [0.717, 1.165) is 16.0 Å². The molecule has 7 nitrogen and oxygen atoms in total. The van der Waals surface area contributed by atoms with Crippen LogP contribution in [0.4, 0.5) is 10.5 Å². The minimum atomic E-state index is -1.00. The zero-order valence-electron chi connectivity index (χ0n) is 23.1. The third kappa shape index (κ3) is 6.45. The fourth-order valence-electron chi connectivity index (χ4n) is 4.66. The Morgan fingerprint density at radius 3 is 2.02 bits per heavy atom. The van der Waals surface area contributed by atoms with Crippen molar-refractivity contribution in [1.82, 2.24) is 10.2 Å². The largest absolute Gasteiger partial charge is 0.457 e. The smallest absolute Gasteiger partial charge is 0.330 e. The molecule has 2 fully saturated rings. The number of amides is 4. The fourth-order valence-corrected chi connectivity index (χ4v) is 6.16. The zero-order valence-corrected chi connectivity index (χ0v) is 25.4. The topological polar surface area (TPSA) is 78.9 Å². The molecule has 0 aromatic heterocycles. The molecule has 0 saturated carbocycles. The molecule has 2 aliphatic rings. The normalized spacial score (nSPS) is 18.7. The zero-order chi connectivity index (χ0) is 30.6. The van der Waals surface area contributed by atoms with Crippen molar-refractivity contribution in [1.29, 1.82) is 0 Å². The van der Waals surface area contributed by atoms with E-state index in [-0.39, 0.29) is 11.5 Å². The Balaban J connectivity index is 1.16. The van der Waals surface area contributed by atoms with Gasteiger partial charge in [-0.15, -0.1) is 0 Å². The molecule has 0 radical (unpaired) electrons. The first-order valence-corrected chi connectivity index (χ1v) is 15.2. The predicted molar refractivity (Wildman–Crippen MR) is 178 cm³/mol. The van der Waals surface area contributed by atoms with Crippen LogP contribution in [0.2, 0.25) is 0 Å². The number of rotatable bonds is 7. The van der Waals surface area contributed by atoms with E-state index in [0.29, 0.717) is 38.5 Å². The van der Waals surface area contributed by atoms with Gasteiger partial charge in [0.15, 0.2) is 0 Å². The Labute approximate surface area is 268 Å². The summed E-state index contributed by atoms with van der Waals surface area (Å²) in [6.07, 6.45) is 3.44. The minimum absolute atomic E-state index is 0.136. The highest BCUT2D eigenvalue weighted by Crippen LogP contribution is 2.34. The SMILES string of the molecule is O=C1/C(=C/c2ccc(/C=C3/C(=O)N(c4ccc(Oc5ccccc5)cc4)C(=O)NC3Cl)cc2)SC(=S)N1Cc1ccccc1. The Hall–Kier alpha value is -4.70. The van der Waals surface area contributed by atoms with Gasteiger partial charge in [0.05, 0.1) is 22.7 Å². The summed E-state index contributed by atoms with van der Waals surface area (Å²) in [5.41, 5.74) is 2.10. The molecule has 2 heterocycles. The van der Waals surface area contributed by atoms with Gasteiger partial charge in [-0.05, 0) is 65.2 Å². The number of hydrogen-bond acceptors (Lipinski definition) is 6. The van der Waals surface area contributed by atoms with Crippen LogP contribution in [0.1, 0.15) is 16.7 Å². The van der Waals surface area contributed by atoms with Crippen molar-refractivity contribution >= 4 is 75.6 Å². The van der Waals surface area contributed by atoms with Gasteiger partial charge in [0.1, 0.15) is 21.3 Å². The first kappa shape index (κ1) is 29.4. The quantitative estimate of drug-likeness (QED) is 0.0974. The van der Waals surface area contributed by atoms with E-state index in [1.165, 1.54) is 11.8 Å². The van der Waals surface area contributed by atoms with Crippen molar-refractivity contribution in [3.8, 4) is 11.5 Å². The number of urea groups is 1. The number of nitrogens with one attached hydrogen (secondary N) is 1. The summed E-state index contributed by atoms with van der Waals surface area (Å²) < 4.78 is 6.33. The number of para-hydroxylation sites is 1. The number of carbonyl (C=O) groups excluding carboxylic acids is 3. The van der Waals surface area contributed by atoms with Crippen LogP contribution < -0.4 is 15.0 Å². The maximum absolute atomic E-state index is 13.5. The van der Waals surface area contributed by atoms with E-state index >= 15 is 0 Å². The Kier molecular flexibility index (Phi) is 8.60.